The quantitative estimate of drug-likeness (QED) is 0.826. The molecular formula is C14H21N3O2. The van der Waals surface area contributed by atoms with Gasteiger partial charge in [0.2, 0.25) is 5.95 Å². The van der Waals surface area contributed by atoms with E-state index in [1.165, 1.54) is 0 Å². The lowest BCUT2D eigenvalue weighted by Crippen LogP contribution is -2.28. The molecule has 2 rings (SSSR count). The minimum Gasteiger partial charge on any atom is -0.466 e. The summed E-state index contributed by atoms with van der Waals surface area (Å²) in [6, 6.07) is 2.22. The lowest BCUT2D eigenvalue weighted by molar-refractivity contribution is -0.144. The molecule has 0 aromatic carbocycles. The largest absolute Gasteiger partial charge is 0.466 e. The molecule has 0 radical (unpaired) electrons. The Hall–Kier alpha value is -1.65. The van der Waals surface area contributed by atoms with Crippen LogP contribution in [-0.2, 0) is 9.53 Å². The van der Waals surface area contributed by atoms with Gasteiger partial charge in [-0.05, 0) is 44.6 Å². The predicted octanol–water partition coefficient (Wildman–Crippen LogP) is 2.40. The molecule has 1 saturated carbocycles. The molecule has 5 nitrogen and oxygen atoms in total. The van der Waals surface area contributed by atoms with Crippen LogP contribution in [0.4, 0.5) is 5.95 Å². The number of aromatic nitrogens is 2. The fourth-order valence-electron chi connectivity index (χ4n) is 2.52. The lowest BCUT2D eigenvalue weighted by Gasteiger charge is -2.28. The number of nitrogens with zero attached hydrogens (tertiary/aromatic N) is 2. The molecule has 1 aliphatic carbocycles. The van der Waals surface area contributed by atoms with Crippen molar-refractivity contribution < 1.29 is 9.53 Å². The second-order valence-electron chi connectivity index (χ2n) is 4.94. The Bertz CT molecular complexity index is 389. The van der Waals surface area contributed by atoms with Crippen LogP contribution in [0.25, 0.3) is 0 Å². The van der Waals surface area contributed by atoms with Gasteiger partial charge in [0, 0.05) is 24.9 Å². The zero-order valence-corrected chi connectivity index (χ0v) is 11.3. The normalized spacial score (nSPS) is 22.8. The van der Waals surface area contributed by atoms with Crippen LogP contribution < -0.4 is 5.32 Å². The summed E-state index contributed by atoms with van der Waals surface area (Å²) in [6.07, 6.45) is 8.27. The molecule has 0 spiro atoms. The Morgan fingerprint density at radius 2 is 2.00 bits per heavy atom. The van der Waals surface area contributed by atoms with Gasteiger partial charge in [0.15, 0.2) is 0 Å². The zero-order valence-electron chi connectivity index (χ0n) is 11.3. The van der Waals surface area contributed by atoms with Gasteiger partial charge in [-0.15, -0.1) is 0 Å². The predicted molar refractivity (Wildman–Crippen MR) is 72.7 cm³/mol. The van der Waals surface area contributed by atoms with E-state index in [-0.39, 0.29) is 5.97 Å². The fourth-order valence-corrected chi connectivity index (χ4v) is 2.52. The number of carbonyl (C=O) groups excluding carboxylic acids is 1. The smallest absolute Gasteiger partial charge is 0.306 e. The van der Waals surface area contributed by atoms with Crippen molar-refractivity contribution in [2.75, 3.05) is 11.9 Å². The van der Waals surface area contributed by atoms with Gasteiger partial charge in [-0.2, -0.15) is 0 Å². The monoisotopic (exact) mass is 263 g/mol. The lowest BCUT2D eigenvalue weighted by atomic mass is 9.84. The van der Waals surface area contributed by atoms with Crippen molar-refractivity contribution >= 4 is 11.9 Å². The Morgan fingerprint density at radius 3 is 2.63 bits per heavy atom. The van der Waals surface area contributed by atoms with Crippen molar-refractivity contribution in [2.45, 2.75) is 45.1 Å². The van der Waals surface area contributed by atoms with Gasteiger partial charge in [-0.1, -0.05) is 0 Å². The van der Waals surface area contributed by atoms with Gasteiger partial charge >= 0.3 is 5.97 Å². The van der Waals surface area contributed by atoms with E-state index in [0.717, 1.165) is 25.7 Å². The van der Waals surface area contributed by atoms with Crippen LogP contribution in [0.3, 0.4) is 0 Å². The number of hydrogen-bond donors (Lipinski definition) is 1. The molecule has 0 aliphatic heterocycles. The van der Waals surface area contributed by atoms with Gasteiger partial charge in [-0.3, -0.25) is 4.79 Å². The third kappa shape index (κ3) is 4.50. The maximum Gasteiger partial charge on any atom is 0.306 e. The van der Waals surface area contributed by atoms with E-state index in [4.69, 9.17) is 4.74 Å². The summed E-state index contributed by atoms with van der Waals surface area (Å²) in [5.41, 5.74) is 0. The molecule has 1 aromatic heterocycles. The first kappa shape index (κ1) is 13.8. The van der Waals surface area contributed by atoms with Crippen molar-refractivity contribution in [1.29, 1.82) is 0 Å². The van der Waals surface area contributed by atoms with Crippen LogP contribution >= 0.6 is 0 Å². The van der Waals surface area contributed by atoms with E-state index in [0.29, 0.717) is 30.9 Å². The highest BCUT2D eigenvalue weighted by Gasteiger charge is 2.23. The van der Waals surface area contributed by atoms with Crippen molar-refractivity contribution in [1.82, 2.24) is 9.97 Å². The molecule has 1 fully saturated rings. The average molecular weight is 263 g/mol. The molecule has 1 aromatic rings. The second kappa shape index (κ2) is 7.07. The molecule has 0 saturated heterocycles. The number of nitrogens with one attached hydrogen (secondary N) is 1. The molecule has 1 N–H and O–H groups in total. The average Bonchev–Trinajstić information content (AvgIpc) is 2.42. The molecular weight excluding hydrogens is 242 g/mol. The Kier molecular flexibility index (Phi) is 5.12. The summed E-state index contributed by atoms with van der Waals surface area (Å²) in [6.45, 7) is 2.32. The number of rotatable bonds is 5. The first-order chi connectivity index (χ1) is 9.28. The van der Waals surface area contributed by atoms with Crippen LogP contribution in [0.2, 0.25) is 0 Å². The SMILES string of the molecule is CCOC(=O)C[C@H]1CC[C@H](Nc2ncccn2)CC1. The highest BCUT2D eigenvalue weighted by molar-refractivity contribution is 5.69. The van der Waals surface area contributed by atoms with Crippen LogP contribution in [0, 0.1) is 5.92 Å². The van der Waals surface area contributed by atoms with E-state index in [9.17, 15) is 4.79 Å². The van der Waals surface area contributed by atoms with Gasteiger partial charge in [-0.25, -0.2) is 9.97 Å². The van der Waals surface area contributed by atoms with E-state index < -0.39 is 0 Å². The molecule has 0 unspecified atom stereocenters. The first-order valence-corrected chi connectivity index (χ1v) is 6.97. The van der Waals surface area contributed by atoms with Gasteiger partial charge in [0.05, 0.1) is 6.61 Å². The second-order valence-corrected chi connectivity index (χ2v) is 4.94. The molecule has 0 bridgehead atoms. The Labute approximate surface area is 113 Å². The van der Waals surface area contributed by atoms with E-state index >= 15 is 0 Å². The molecule has 104 valence electrons. The Morgan fingerprint density at radius 1 is 1.32 bits per heavy atom. The summed E-state index contributed by atoms with van der Waals surface area (Å²) >= 11 is 0. The third-order valence-corrected chi connectivity index (χ3v) is 3.51. The van der Waals surface area contributed by atoms with Gasteiger partial charge < -0.3 is 10.1 Å². The van der Waals surface area contributed by atoms with Gasteiger partial charge in [0.1, 0.15) is 0 Å². The van der Waals surface area contributed by atoms with Crippen LogP contribution in [0.1, 0.15) is 39.0 Å². The fraction of sp³-hybridized carbons (Fsp3) is 0.643. The zero-order chi connectivity index (χ0) is 13.5. The summed E-state index contributed by atoms with van der Waals surface area (Å²) in [5.74, 6) is 1.09. The summed E-state index contributed by atoms with van der Waals surface area (Å²) in [7, 11) is 0. The molecule has 5 heteroatoms. The molecule has 1 aliphatic rings. The summed E-state index contributed by atoms with van der Waals surface area (Å²) < 4.78 is 4.99. The highest BCUT2D eigenvalue weighted by Crippen LogP contribution is 2.28. The summed E-state index contributed by atoms with van der Waals surface area (Å²) in [4.78, 5) is 19.8. The topological polar surface area (TPSA) is 64.1 Å². The molecule has 0 amide bonds. The minimum absolute atomic E-state index is 0.0645. The Balaban J connectivity index is 1.72. The molecule has 0 atom stereocenters. The van der Waals surface area contributed by atoms with Crippen LogP contribution in [0.15, 0.2) is 18.5 Å². The summed E-state index contributed by atoms with van der Waals surface area (Å²) in [5, 5.41) is 3.34. The van der Waals surface area contributed by atoms with Crippen LogP contribution in [-0.4, -0.2) is 28.6 Å². The van der Waals surface area contributed by atoms with E-state index in [2.05, 4.69) is 15.3 Å². The maximum absolute atomic E-state index is 11.4. The number of ether oxygens (including phenoxy) is 1. The van der Waals surface area contributed by atoms with E-state index in [1.54, 1.807) is 18.5 Å². The maximum atomic E-state index is 11.4. The van der Waals surface area contributed by atoms with Crippen LogP contribution in [0.5, 0.6) is 0 Å². The molecule has 19 heavy (non-hydrogen) atoms. The van der Waals surface area contributed by atoms with Crippen molar-refractivity contribution in [3.63, 3.8) is 0 Å². The number of carbonyl (C=O) groups is 1. The van der Waals surface area contributed by atoms with Crippen molar-refractivity contribution in [3.8, 4) is 0 Å². The van der Waals surface area contributed by atoms with Crippen molar-refractivity contribution in [3.05, 3.63) is 18.5 Å². The van der Waals surface area contributed by atoms with Crippen molar-refractivity contribution in [2.24, 2.45) is 5.92 Å². The number of anilines is 1. The third-order valence-electron chi connectivity index (χ3n) is 3.51. The number of esters is 1. The first-order valence-electron chi connectivity index (χ1n) is 6.97. The van der Waals surface area contributed by atoms with Gasteiger partial charge in [0.25, 0.3) is 0 Å². The minimum atomic E-state index is -0.0645. The number of hydrogen-bond acceptors (Lipinski definition) is 5. The molecule has 1 heterocycles. The highest BCUT2D eigenvalue weighted by atomic mass is 16.5. The van der Waals surface area contributed by atoms with E-state index in [1.807, 2.05) is 6.92 Å². The standard InChI is InChI=1S/C14H21N3O2/c1-2-19-13(18)10-11-4-6-12(7-5-11)17-14-15-8-3-9-16-14/h3,8-9,11-12H,2,4-7,10H2,1H3,(H,15,16,17)/t11-,12-.